The molecule has 1 rings (SSSR count). The van der Waals surface area contributed by atoms with Crippen LogP contribution in [-0.4, -0.2) is 17.8 Å². The summed E-state index contributed by atoms with van der Waals surface area (Å²) in [5, 5.41) is 8.80. The van der Waals surface area contributed by atoms with Gasteiger partial charge in [-0.25, -0.2) is 0 Å². The van der Waals surface area contributed by atoms with Crippen molar-refractivity contribution < 1.29 is 14.3 Å². The van der Waals surface area contributed by atoms with Crippen molar-refractivity contribution in [1.29, 1.82) is 0 Å². The Kier molecular flexibility index (Phi) is 3.50. The van der Waals surface area contributed by atoms with Crippen molar-refractivity contribution in [3.8, 4) is 0 Å². The summed E-state index contributed by atoms with van der Waals surface area (Å²) in [6, 6.07) is 0. The Balaban J connectivity index is 2.45. The SMILES string of the molecule is O=C(O)C(CCF)C1CCCC1. The molecular formula is C9H15FO2. The number of halogens is 1. The second-order valence-electron chi connectivity index (χ2n) is 3.47. The molecule has 1 aliphatic rings. The molecule has 0 spiro atoms. The monoisotopic (exact) mass is 174 g/mol. The first-order chi connectivity index (χ1) is 5.75. The summed E-state index contributed by atoms with van der Waals surface area (Å²) in [4.78, 5) is 10.7. The van der Waals surface area contributed by atoms with Crippen LogP contribution in [0.25, 0.3) is 0 Å². The maximum atomic E-state index is 12.0. The van der Waals surface area contributed by atoms with Crippen molar-refractivity contribution in [3.05, 3.63) is 0 Å². The Morgan fingerprint density at radius 2 is 2.08 bits per heavy atom. The smallest absolute Gasteiger partial charge is 0.306 e. The third-order valence-corrected chi connectivity index (χ3v) is 2.71. The lowest BCUT2D eigenvalue weighted by molar-refractivity contribution is -0.144. The lowest BCUT2D eigenvalue weighted by atomic mass is 9.89. The first kappa shape index (κ1) is 9.49. The van der Waals surface area contributed by atoms with Gasteiger partial charge in [0.05, 0.1) is 12.6 Å². The van der Waals surface area contributed by atoms with E-state index in [2.05, 4.69) is 0 Å². The van der Waals surface area contributed by atoms with Gasteiger partial charge in [0.2, 0.25) is 0 Å². The minimum absolute atomic E-state index is 0.194. The van der Waals surface area contributed by atoms with Gasteiger partial charge >= 0.3 is 5.97 Å². The Morgan fingerprint density at radius 1 is 1.50 bits per heavy atom. The molecule has 1 aliphatic carbocycles. The van der Waals surface area contributed by atoms with Crippen molar-refractivity contribution in [3.63, 3.8) is 0 Å². The zero-order valence-corrected chi connectivity index (χ0v) is 7.13. The average molecular weight is 174 g/mol. The molecule has 0 amide bonds. The van der Waals surface area contributed by atoms with Crippen LogP contribution < -0.4 is 0 Å². The zero-order valence-electron chi connectivity index (χ0n) is 7.13. The number of hydrogen-bond donors (Lipinski definition) is 1. The molecule has 3 heteroatoms. The largest absolute Gasteiger partial charge is 0.481 e. The molecule has 0 aromatic carbocycles. The van der Waals surface area contributed by atoms with E-state index < -0.39 is 18.6 Å². The van der Waals surface area contributed by atoms with E-state index in [1.807, 2.05) is 0 Å². The molecule has 1 unspecified atom stereocenters. The minimum Gasteiger partial charge on any atom is -0.481 e. The maximum absolute atomic E-state index is 12.0. The molecule has 0 saturated heterocycles. The van der Waals surface area contributed by atoms with Crippen LogP contribution >= 0.6 is 0 Å². The number of carboxylic acid groups (broad SMARTS) is 1. The highest BCUT2D eigenvalue weighted by Crippen LogP contribution is 2.33. The third-order valence-electron chi connectivity index (χ3n) is 2.71. The molecule has 0 bridgehead atoms. The highest BCUT2D eigenvalue weighted by molar-refractivity contribution is 5.70. The molecule has 0 aromatic heterocycles. The van der Waals surface area contributed by atoms with Gasteiger partial charge in [-0.2, -0.15) is 0 Å². The van der Waals surface area contributed by atoms with E-state index in [9.17, 15) is 9.18 Å². The second kappa shape index (κ2) is 4.43. The van der Waals surface area contributed by atoms with Gasteiger partial charge < -0.3 is 5.11 Å². The van der Waals surface area contributed by atoms with Gasteiger partial charge in [-0.3, -0.25) is 9.18 Å². The summed E-state index contributed by atoms with van der Waals surface area (Å²) in [5.74, 6) is -1.02. The van der Waals surface area contributed by atoms with Crippen LogP contribution in [0.4, 0.5) is 4.39 Å². The Morgan fingerprint density at radius 3 is 2.50 bits per heavy atom. The van der Waals surface area contributed by atoms with Crippen LogP contribution in [0.3, 0.4) is 0 Å². The van der Waals surface area contributed by atoms with Crippen LogP contribution in [0.5, 0.6) is 0 Å². The average Bonchev–Trinajstić information content (AvgIpc) is 2.51. The standard InChI is InChI=1S/C9H15FO2/c10-6-5-8(9(11)12)7-3-1-2-4-7/h7-8H,1-6H2,(H,11,12). The topological polar surface area (TPSA) is 37.3 Å². The van der Waals surface area contributed by atoms with Crippen LogP contribution in [-0.2, 0) is 4.79 Å². The quantitative estimate of drug-likeness (QED) is 0.709. The molecule has 1 N–H and O–H groups in total. The van der Waals surface area contributed by atoms with Crippen molar-refractivity contribution in [1.82, 2.24) is 0 Å². The Hall–Kier alpha value is -0.600. The van der Waals surface area contributed by atoms with E-state index in [-0.39, 0.29) is 12.3 Å². The molecule has 1 fully saturated rings. The Bertz CT molecular complexity index is 153. The minimum atomic E-state index is -0.820. The lowest BCUT2D eigenvalue weighted by Crippen LogP contribution is -2.22. The van der Waals surface area contributed by atoms with Gasteiger partial charge in [-0.15, -0.1) is 0 Å². The third kappa shape index (κ3) is 2.19. The molecule has 1 atom stereocenters. The second-order valence-corrected chi connectivity index (χ2v) is 3.47. The molecule has 0 aliphatic heterocycles. The van der Waals surface area contributed by atoms with Crippen molar-refractivity contribution in [2.24, 2.45) is 11.8 Å². The number of rotatable bonds is 4. The summed E-state index contributed by atoms with van der Waals surface area (Å²) in [7, 11) is 0. The van der Waals surface area contributed by atoms with E-state index in [1.165, 1.54) is 0 Å². The van der Waals surface area contributed by atoms with Crippen LogP contribution in [0.15, 0.2) is 0 Å². The highest BCUT2D eigenvalue weighted by atomic mass is 19.1. The van der Waals surface area contributed by atoms with Gasteiger partial charge in [0.25, 0.3) is 0 Å². The molecule has 0 heterocycles. The number of alkyl halides is 1. The van der Waals surface area contributed by atoms with Gasteiger partial charge in [0.15, 0.2) is 0 Å². The fourth-order valence-electron chi connectivity index (χ4n) is 2.04. The predicted octanol–water partition coefficient (Wildman–Crippen LogP) is 2.24. The van der Waals surface area contributed by atoms with Crippen molar-refractivity contribution in [2.75, 3.05) is 6.67 Å². The molecule has 0 radical (unpaired) electrons. The van der Waals surface area contributed by atoms with Gasteiger partial charge in [0, 0.05) is 0 Å². The zero-order chi connectivity index (χ0) is 8.97. The first-order valence-electron chi connectivity index (χ1n) is 4.54. The summed E-state index contributed by atoms with van der Waals surface area (Å²) in [6.07, 6.45) is 4.36. The molecule has 70 valence electrons. The number of aliphatic carboxylic acids is 1. The summed E-state index contributed by atoms with van der Waals surface area (Å²) < 4.78 is 12.0. The normalized spacial score (nSPS) is 21.1. The number of carboxylic acids is 1. The van der Waals surface area contributed by atoms with Crippen LogP contribution in [0.2, 0.25) is 0 Å². The van der Waals surface area contributed by atoms with Crippen LogP contribution in [0.1, 0.15) is 32.1 Å². The fraction of sp³-hybridized carbons (Fsp3) is 0.889. The van der Waals surface area contributed by atoms with E-state index in [1.54, 1.807) is 0 Å². The van der Waals surface area contributed by atoms with E-state index >= 15 is 0 Å². The van der Waals surface area contributed by atoms with Gasteiger partial charge in [-0.05, 0) is 25.2 Å². The van der Waals surface area contributed by atoms with Gasteiger partial charge in [0.1, 0.15) is 0 Å². The number of hydrogen-bond acceptors (Lipinski definition) is 1. The van der Waals surface area contributed by atoms with Crippen LogP contribution in [0, 0.1) is 11.8 Å². The van der Waals surface area contributed by atoms with E-state index in [0.717, 1.165) is 25.7 Å². The Labute approximate surface area is 71.8 Å². The molecule has 0 aromatic rings. The predicted molar refractivity (Wildman–Crippen MR) is 43.7 cm³/mol. The maximum Gasteiger partial charge on any atom is 0.306 e. The molecular weight excluding hydrogens is 159 g/mol. The van der Waals surface area contributed by atoms with E-state index in [0.29, 0.717) is 0 Å². The molecule has 12 heavy (non-hydrogen) atoms. The summed E-state index contributed by atoms with van der Waals surface area (Å²) in [6.45, 7) is -0.506. The van der Waals surface area contributed by atoms with Gasteiger partial charge in [-0.1, -0.05) is 12.8 Å². The lowest BCUT2D eigenvalue weighted by Gasteiger charge is -2.16. The summed E-state index contributed by atoms with van der Waals surface area (Å²) >= 11 is 0. The molecule has 2 nitrogen and oxygen atoms in total. The first-order valence-corrected chi connectivity index (χ1v) is 4.54. The van der Waals surface area contributed by atoms with E-state index in [4.69, 9.17) is 5.11 Å². The highest BCUT2D eigenvalue weighted by Gasteiger charge is 2.29. The summed E-state index contributed by atoms with van der Waals surface area (Å²) in [5.41, 5.74) is 0. The fourth-order valence-corrected chi connectivity index (χ4v) is 2.04. The molecule has 1 saturated carbocycles. The van der Waals surface area contributed by atoms with Crippen molar-refractivity contribution >= 4 is 5.97 Å². The number of carbonyl (C=O) groups is 1. The van der Waals surface area contributed by atoms with Crippen molar-refractivity contribution in [2.45, 2.75) is 32.1 Å².